The summed E-state index contributed by atoms with van der Waals surface area (Å²) in [5.41, 5.74) is 3.91. The van der Waals surface area contributed by atoms with E-state index in [1.54, 1.807) is 30.7 Å². The van der Waals surface area contributed by atoms with Crippen LogP contribution in [0, 0.1) is 0 Å². The molecule has 6 rings (SSSR count). The van der Waals surface area contributed by atoms with Gasteiger partial charge in [-0.05, 0) is 30.3 Å². The van der Waals surface area contributed by atoms with E-state index in [1.807, 2.05) is 12.1 Å². The summed E-state index contributed by atoms with van der Waals surface area (Å²) in [5, 5.41) is 3.08. The number of rotatable bonds is 1. The number of methoxy groups -OCH3 is 1. The standard InChI is InChI=1S/C25H18N6O4S2/c1-35-25-20-7-15(10-28-25)22-8-19-24(36-22)23(30-13-29-19)16-5-17(11-26-9-16)27-12-21(32)14-3-2-4-18(6-14)37(33,34)31-20/h2-11,13,27,31H,12H2,1H3. The van der Waals surface area contributed by atoms with Crippen LogP contribution in [0.2, 0.25) is 0 Å². The number of anilines is 2. The predicted octanol–water partition coefficient (Wildman–Crippen LogP) is 4.23. The number of nitrogens with zero attached hydrogens (tertiary/aromatic N) is 4. The number of thiophene rings is 1. The molecule has 0 amide bonds. The number of hydrogen-bond acceptors (Lipinski definition) is 10. The fourth-order valence-corrected chi connectivity index (χ4v) is 6.21. The number of hydrogen-bond donors (Lipinski definition) is 2. The van der Waals surface area contributed by atoms with Crippen molar-refractivity contribution in [2.24, 2.45) is 0 Å². The zero-order valence-electron chi connectivity index (χ0n) is 19.3. The summed E-state index contributed by atoms with van der Waals surface area (Å²) < 4.78 is 35.3. The second-order valence-electron chi connectivity index (χ2n) is 8.20. The van der Waals surface area contributed by atoms with Gasteiger partial charge in [-0.1, -0.05) is 12.1 Å². The quantitative estimate of drug-likeness (QED) is 0.326. The monoisotopic (exact) mass is 530 g/mol. The number of benzene rings is 1. The van der Waals surface area contributed by atoms with Crippen molar-refractivity contribution in [1.82, 2.24) is 19.9 Å². The largest absolute Gasteiger partial charge is 0.480 e. The highest BCUT2D eigenvalue weighted by atomic mass is 32.2. The highest BCUT2D eigenvalue weighted by Gasteiger charge is 2.21. The van der Waals surface area contributed by atoms with Gasteiger partial charge in [-0.15, -0.1) is 11.3 Å². The highest BCUT2D eigenvalue weighted by Crippen LogP contribution is 2.39. The number of nitrogens with one attached hydrogen (secondary N) is 2. The Morgan fingerprint density at radius 1 is 0.973 bits per heavy atom. The van der Waals surface area contributed by atoms with Crippen molar-refractivity contribution in [3.05, 3.63) is 72.9 Å². The number of carbonyl (C=O) groups excluding carboxylic acids is 1. The smallest absolute Gasteiger partial charge is 0.262 e. The maximum atomic E-state index is 13.3. The molecule has 0 unspecified atom stereocenters. The molecule has 1 aliphatic rings. The lowest BCUT2D eigenvalue weighted by molar-refractivity contribution is 0.101. The minimum Gasteiger partial charge on any atom is -0.480 e. The van der Waals surface area contributed by atoms with Gasteiger partial charge in [0.15, 0.2) is 5.78 Å². The molecule has 0 saturated heterocycles. The van der Waals surface area contributed by atoms with Crippen LogP contribution in [-0.2, 0) is 10.0 Å². The molecule has 0 aliphatic carbocycles. The lowest BCUT2D eigenvalue weighted by Crippen LogP contribution is -2.17. The van der Waals surface area contributed by atoms with E-state index in [9.17, 15) is 13.2 Å². The summed E-state index contributed by atoms with van der Waals surface area (Å²) in [6.45, 7) is -0.0514. The van der Waals surface area contributed by atoms with Crippen LogP contribution >= 0.6 is 11.3 Å². The third-order valence-electron chi connectivity index (χ3n) is 5.82. The maximum absolute atomic E-state index is 13.3. The highest BCUT2D eigenvalue weighted by molar-refractivity contribution is 7.92. The first kappa shape index (κ1) is 23.0. The summed E-state index contributed by atoms with van der Waals surface area (Å²) in [6, 6.07) is 11.3. The number of fused-ring (bicyclic) bond motifs is 9. The van der Waals surface area contributed by atoms with E-state index in [4.69, 9.17) is 4.74 Å². The van der Waals surface area contributed by atoms with E-state index in [0.29, 0.717) is 16.9 Å². The second kappa shape index (κ2) is 8.91. The fourth-order valence-electron chi connectivity index (χ4n) is 4.02. The molecular formula is C25H18N6O4S2. The van der Waals surface area contributed by atoms with Crippen LogP contribution in [0.3, 0.4) is 0 Å². The lowest BCUT2D eigenvalue weighted by Gasteiger charge is -2.13. The Morgan fingerprint density at radius 3 is 2.73 bits per heavy atom. The van der Waals surface area contributed by atoms with Crippen LogP contribution in [0.4, 0.5) is 11.4 Å². The molecule has 1 aliphatic heterocycles. The number of carbonyl (C=O) groups is 1. The molecule has 10 nitrogen and oxygen atoms in total. The van der Waals surface area contributed by atoms with Crippen LogP contribution in [0.1, 0.15) is 10.4 Å². The molecule has 5 aromatic rings. The molecule has 4 aromatic heterocycles. The molecule has 8 bridgehead atoms. The molecule has 0 spiro atoms. The molecule has 37 heavy (non-hydrogen) atoms. The summed E-state index contributed by atoms with van der Waals surface area (Å²) in [5.74, 6) is -0.167. The van der Waals surface area contributed by atoms with Crippen molar-refractivity contribution in [1.29, 1.82) is 0 Å². The van der Waals surface area contributed by atoms with Gasteiger partial charge in [-0.3, -0.25) is 14.5 Å². The molecule has 0 radical (unpaired) electrons. The third-order valence-corrected chi connectivity index (χ3v) is 8.36. The molecule has 184 valence electrons. The van der Waals surface area contributed by atoms with Crippen LogP contribution in [0.15, 0.2) is 72.3 Å². The van der Waals surface area contributed by atoms with Crippen LogP contribution < -0.4 is 14.8 Å². The maximum Gasteiger partial charge on any atom is 0.262 e. The Morgan fingerprint density at radius 2 is 1.86 bits per heavy atom. The van der Waals surface area contributed by atoms with Crippen molar-refractivity contribution >= 4 is 48.7 Å². The second-order valence-corrected chi connectivity index (χ2v) is 10.9. The van der Waals surface area contributed by atoms with E-state index in [-0.39, 0.29) is 34.4 Å². The molecule has 5 heterocycles. The van der Waals surface area contributed by atoms with E-state index >= 15 is 0 Å². The van der Waals surface area contributed by atoms with Crippen molar-refractivity contribution in [3.8, 4) is 27.6 Å². The average molecular weight is 531 g/mol. The summed E-state index contributed by atoms with van der Waals surface area (Å²) in [6.07, 6.45) is 6.41. The van der Waals surface area contributed by atoms with Gasteiger partial charge in [-0.2, -0.15) is 0 Å². The van der Waals surface area contributed by atoms with Gasteiger partial charge in [0.05, 0.1) is 40.1 Å². The van der Waals surface area contributed by atoms with Gasteiger partial charge in [0.2, 0.25) is 5.88 Å². The minimum atomic E-state index is -4.06. The zero-order chi connectivity index (χ0) is 25.6. The Kier molecular flexibility index (Phi) is 5.54. The van der Waals surface area contributed by atoms with E-state index in [0.717, 1.165) is 20.7 Å². The van der Waals surface area contributed by atoms with E-state index in [2.05, 4.69) is 30.0 Å². The zero-order valence-corrected chi connectivity index (χ0v) is 20.9. The SMILES string of the molecule is COc1ncc2cc1NS(=O)(=O)c1cccc(c1)C(=O)CNc1cncc(c1)-c1ncnc3cc-2sc13. The summed E-state index contributed by atoms with van der Waals surface area (Å²) in [4.78, 5) is 31.2. The van der Waals surface area contributed by atoms with Crippen LogP contribution in [0.5, 0.6) is 5.88 Å². The van der Waals surface area contributed by atoms with Crippen molar-refractivity contribution in [2.45, 2.75) is 4.90 Å². The lowest BCUT2D eigenvalue weighted by atomic mass is 10.1. The first-order valence-corrected chi connectivity index (χ1v) is 13.4. The van der Waals surface area contributed by atoms with Gasteiger partial charge in [0, 0.05) is 40.2 Å². The fraction of sp³-hybridized carbons (Fsp3) is 0.0800. The van der Waals surface area contributed by atoms with E-state index in [1.165, 1.54) is 43.0 Å². The molecule has 0 atom stereocenters. The number of aromatic nitrogens is 4. The molecule has 0 saturated carbocycles. The van der Waals surface area contributed by atoms with Gasteiger partial charge < -0.3 is 10.1 Å². The first-order chi connectivity index (χ1) is 17.9. The van der Waals surface area contributed by atoms with Crippen molar-refractivity contribution < 1.29 is 17.9 Å². The topological polar surface area (TPSA) is 136 Å². The van der Waals surface area contributed by atoms with Gasteiger partial charge >= 0.3 is 0 Å². The first-order valence-electron chi connectivity index (χ1n) is 11.1. The van der Waals surface area contributed by atoms with Crippen LogP contribution in [-0.4, -0.2) is 47.8 Å². The number of Topliss-reactive ketones (excluding diaryl/α,β-unsaturated/α-hetero) is 1. The van der Waals surface area contributed by atoms with Crippen molar-refractivity contribution in [3.63, 3.8) is 0 Å². The van der Waals surface area contributed by atoms with E-state index < -0.39 is 10.0 Å². The van der Waals surface area contributed by atoms with Gasteiger partial charge in [-0.25, -0.2) is 23.4 Å². The van der Waals surface area contributed by atoms with Crippen LogP contribution in [0.25, 0.3) is 31.9 Å². The summed E-state index contributed by atoms with van der Waals surface area (Å²) in [7, 11) is -2.65. The number of ether oxygens (including phenoxy) is 1. The number of pyridine rings is 2. The Labute approximate surface area is 215 Å². The average Bonchev–Trinajstić information content (AvgIpc) is 3.36. The molecular weight excluding hydrogens is 512 g/mol. The molecule has 0 fully saturated rings. The number of sulfonamides is 1. The Hall–Kier alpha value is -4.42. The minimum absolute atomic E-state index is 0.0514. The van der Waals surface area contributed by atoms with Gasteiger partial charge in [0.25, 0.3) is 10.0 Å². The number of ketones is 1. The molecule has 12 heteroatoms. The van der Waals surface area contributed by atoms with Crippen molar-refractivity contribution in [2.75, 3.05) is 23.7 Å². The molecule has 1 aromatic carbocycles. The third kappa shape index (κ3) is 4.26. The predicted molar refractivity (Wildman–Crippen MR) is 140 cm³/mol. The Bertz CT molecular complexity index is 1800. The molecule has 2 N–H and O–H groups in total. The summed E-state index contributed by atoms with van der Waals surface area (Å²) >= 11 is 1.45. The van der Waals surface area contributed by atoms with Gasteiger partial charge in [0.1, 0.15) is 12.0 Å². The Balaban J connectivity index is 1.58. The normalized spacial score (nSPS) is 14.4.